The molecule has 0 radical (unpaired) electrons. The monoisotopic (exact) mass is 461 g/mol. The Morgan fingerprint density at radius 2 is 2.12 bits per heavy atom. The zero-order valence-corrected chi connectivity index (χ0v) is 18.2. The summed E-state index contributed by atoms with van der Waals surface area (Å²) in [5, 5.41) is 11.1. The van der Waals surface area contributed by atoms with Gasteiger partial charge in [-0.1, -0.05) is 17.7 Å². The quantitative estimate of drug-likeness (QED) is 0.303. The first-order valence-electron chi connectivity index (χ1n) is 10.1. The zero-order chi connectivity index (χ0) is 23.1. The molecule has 2 amide bonds. The lowest BCUT2D eigenvalue weighted by Crippen LogP contribution is -2.45. The Kier molecular flexibility index (Phi) is 8.02. The highest BCUT2D eigenvalue weighted by Gasteiger charge is 2.27. The first-order valence-corrected chi connectivity index (χ1v) is 10.5. The van der Waals surface area contributed by atoms with E-state index in [4.69, 9.17) is 20.8 Å². The van der Waals surface area contributed by atoms with Crippen molar-refractivity contribution in [3.63, 3.8) is 0 Å². The lowest BCUT2D eigenvalue weighted by molar-refractivity contribution is -0.384. The molecule has 0 saturated carbocycles. The van der Waals surface area contributed by atoms with Crippen LogP contribution in [0.5, 0.6) is 0 Å². The summed E-state index contributed by atoms with van der Waals surface area (Å²) in [6.07, 6.45) is 4.74. The summed E-state index contributed by atoms with van der Waals surface area (Å²) in [5.74, 6) is -0.213. The lowest BCUT2D eigenvalue weighted by Gasteiger charge is -2.28. The van der Waals surface area contributed by atoms with Crippen LogP contribution in [0.4, 0.5) is 5.69 Å². The molecular formula is C22H24ClN3O6. The summed E-state index contributed by atoms with van der Waals surface area (Å²) in [7, 11) is 0. The topological polar surface area (TPSA) is 106 Å². The second-order valence-corrected chi connectivity index (χ2v) is 7.79. The molecule has 170 valence electrons. The Bertz CT molecular complexity index is 972. The van der Waals surface area contributed by atoms with Gasteiger partial charge in [0.15, 0.2) is 0 Å². The maximum atomic E-state index is 13.2. The second kappa shape index (κ2) is 10.9. The van der Waals surface area contributed by atoms with Crippen LogP contribution in [0.25, 0.3) is 0 Å². The minimum atomic E-state index is -0.658. The molecule has 1 saturated heterocycles. The molecule has 1 aliphatic rings. The van der Waals surface area contributed by atoms with E-state index in [1.807, 2.05) is 0 Å². The standard InChI is InChI=1S/C22H24ClN3O6/c1-2-9-24(22(28)16-7-8-19(23)20(12-16)26(29)30)15-21(27)25(13-17-5-3-10-31-17)14-18-6-4-11-32-18/h2-3,5,7-8,10,12,18H,1,4,6,9,11,13-15H2. The van der Waals surface area contributed by atoms with Crippen molar-refractivity contribution in [2.24, 2.45) is 0 Å². The number of ether oxygens (including phenoxy) is 1. The van der Waals surface area contributed by atoms with Crippen molar-refractivity contribution in [1.29, 1.82) is 0 Å². The lowest BCUT2D eigenvalue weighted by atomic mass is 10.1. The Morgan fingerprint density at radius 3 is 2.75 bits per heavy atom. The number of amides is 2. The van der Waals surface area contributed by atoms with E-state index >= 15 is 0 Å². The van der Waals surface area contributed by atoms with Gasteiger partial charge in [-0.3, -0.25) is 19.7 Å². The first-order chi connectivity index (χ1) is 15.4. The number of carbonyl (C=O) groups is 2. The van der Waals surface area contributed by atoms with E-state index in [0.29, 0.717) is 18.9 Å². The molecule has 2 heterocycles. The summed E-state index contributed by atoms with van der Waals surface area (Å²) in [6, 6.07) is 7.31. The number of furan rings is 1. The predicted molar refractivity (Wildman–Crippen MR) is 117 cm³/mol. The average molecular weight is 462 g/mol. The number of nitro groups is 1. The second-order valence-electron chi connectivity index (χ2n) is 7.39. The molecular weight excluding hydrogens is 438 g/mol. The van der Waals surface area contributed by atoms with Gasteiger partial charge in [0.05, 0.1) is 23.8 Å². The van der Waals surface area contributed by atoms with Crippen LogP contribution in [0.2, 0.25) is 5.02 Å². The molecule has 0 bridgehead atoms. The van der Waals surface area contributed by atoms with E-state index in [1.165, 1.54) is 29.4 Å². The molecule has 1 aliphatic heterocycles. The van der Waals surface area contributed by atoms with Crippen LogP contribution in [-0.4, -0.2) is 58.9 Å². The van der Waals surface area contributed by atoms with Crippen LogP contribution in [0.1, 0.15) is 29.0 Å². The molecule has 0 aliphatic carbocycles. The molecule has 0 N–H and O–H groups in total. The molecule has 0 spiro atoms. The number of nitro benzene ring substituents is 1. The fourth-order valence-corrected chi connectivity index (χ4v) is 3.67. The molecule has 10 heteroatoms. The molecule has 9 nitrogen and oxygen atoms in total. The molecule has 1 aromatic carbocycles. The van der Waals surface area contributed by atoms with Crippen LogP contribution in [0.3, 0.4) is 0 Å². The van der Waals surface area contributed by atoms with Crippen LogP contribution < -0.4 is 0 Å². The number of rotatable bonds is 10. The van der Waals surface area contributed by atoms with Crippen LogP contribution in [-0.2, 0) is 16.1 Å². The zero-order valence-electron chi connectivity index (χ0n) is 17.4. The van der Waals surface area contributed by atoms with Gasteiger partial charge in [-0.25, -0.2) is 0 Å². The number of benzene rings is 1. The van der Waals surface area contributed by atoms with E-state index in [9.17, 15) is 19.7 Å². The Balaban J connectivity index is 1.77. The summed E-state index contributed by atoms with van der Waals surface area (Å²) < 4.78 is 11.1. The van der Waals surface area contributed by atoms with Gasteiger partial charge in [0.1, 0.15) is 17.3 Å². The van der Waals surface area contributed by atoms with Gasteiger partial charge in [-0.2, -0.15) is 0 Å². The third kappa shape index (κ3) is 5.95. The van der Waals surface area contributed by atoms with Crippen molar-refractivity contribution in [3.05, 3.63) is 75.7 Å². The highest BCUT2D eigenvalue weighted by Crippen LogP contribution is 2.26. The van der Waals surface area contributed by atoms with Crippen LogP contribution in [0, 0.1) is 10.1 Å². The van der Waals surface area contributed by atoms with Gasteiger partial charge in [0.2, 0.25) is 5.91 Å². The molecule has 3 rings (SSSR count). The van der Waals surface area contributed by atoms with E-state index in [-0.39, 0.29) is 47.9 Å². The van der Waals surface area contributed by atoms with E-state index in [0.717, 1.165) is 18.9 Å². The minimum Gasteiger partial charge on any atom is -0.467 e. The van der Waals surface area contributed by atoms with Gasteiger partial charge in [0, 0.05) is 31.3 Å². The van der Waals surface area contributed by atoms with E-state index < -0.39 is 10.8 Å². The number of hydrogen-bond donors (Lipinski definition) is 0. The van der Waals surface area contributed by atoms with Crippen molar-refractivity contribution >= 4 is 29.1 Å². The van der Waals surface area contributed by atoms with Gasteiger partial charge in [-0.05, 0) is 37.1 Å². The summed E-state index contributed by atoms with van der Waals surface area (Å²) in [4.78, 5) is 39.6. The van der Waals surface area contributed by atoms with Crippen molar-refractivity contribution < 1.29 is 23.7 Å². The van der Waals surface area contributed by atoms with Crippen molar-refractivity contribution in [2.45, 2.75) is 25.5 Å². The maximum absolute atomic E-state index is 13.2. The van der Waals surface area contributed by atoms with E-state index in [1.54, 1.807) is 17.0 Å². The van der Waals surface area contributed by atoms with E-state index in [2.05, 4.69) is 6.58 Å². The van der Waals surface area contributed by atoms with Gasteiger partial charge in [0.25, 0.3) is 11.6 Å². The summed E-state index contributed by atoms with van der Waals surface area (Å²) in [6.45, 7) is 4.79. The molecule has 1 atom stereocenters. The number of carbonyl (C=O) groups excluding carboxylic acids is 2. The number of halogens is 1. The highest BCUT2D eigenvalue weighted by atomic mass is 35.5. The largest absolute Gasteiger partial charge is 0.467 e. The van der Waals surface area contributed by atoms with Crippen LogP contribution in [0.15, 0.2) is 53.7 Å². The number of nitrogens with zero attached hydrogens (tertiary/aromatic N) is 3. The Morgan fingerprint density at radius 1 is 1.31 bits per heavy atom. The molecule has 1 aromatic heterocycles. The highest BCUT2D eigenvalue weighted by molar-refractivity contribution is 6.32. The third-order valence-electron chi connectivity index (χ3n) is 5.08. The van der Waals surface area contributed by atoms with Crippen LogP contribution >= 0.6 is 11.6 Å². The Hall–Kier alpha value is -3.17. The fraction of sp³-hybridized carbons (Fsp3) is 0.364. The van der Waals surface area contributed by atoms with Crippen molar-refractivity contribution in [1.82, 2.24) is 9.80 Å². The van der Waals surface area contributed by atoms with Gasteiger partial charge < -0.3 is 19.0 Å². The smallest absolute Gasteiger partial charge is 0.288 e. The SMILES string of the molecule is C=CCN(CC(=O)N(Cc1ccco1)CC1CCCO1)C(=O)c1ccc(Cl)c([N+](=O)[O-])c1. The molecule has 2 aromatic rings. The average Bonchev–Trinajstić information content (AvgIpc) is 3.47. The summed E-state index contributed by atoms with van der Waals surface area (Å²) in [5.41, 5.74) is -0.312. The molecule has 1 fully saturated rings. The fourth-order valence-electron chi connectivity index (χ4n) is 3.49. The van der Waals surface area contributed by atoms with Gasteiger partial charge >= 0.3 is 0 Å². The maximum Gasteiger partial charge on any atom is 0.288 e. The first kappa shape index (κ1) is 23.5. The predicted octanol–water partition coefficient (Wildman–Crippen LogP) is 3.68. The van der Waals surface area contributed by atoms with Gasteiger partial charge in [-0.15, -0.1) is 6.58 Å². The summed E-state index contributed by atoms with van der Waals surface area (Å²) >= 11 is 5.85. The van der Waals surface area contributed by atoms with Crippen molar-refractivity contribution in [2.75, 3.05) is 26.2 Å². The normalized spacial score (nSPS) is 15.3. The molecule has 32 heavy (non-hydrogen) atoms. The Labute approximate surface area is 190 Å². The number of hydrogen-bond acceptors (Lipinski definition) is 6. The minimum absolute atomic E-state index is 0.0625. The van der Waals surface area contributed by atoms with Crippen molar-refractivity contribution in [3.8, 4) is 0 Å². The molecule has 1 unspecified atom stereocenters. The third-order valence-corrected chi connectivity index (χ3v) is 5.40.